The lowest BCUT2D eigenvalue weighted by Gasteiger charge is -1.98. The maximum atomic E-state index is 7.20. The van der Waals surface area contributed by atoms with Crippen LogP contribution >= 0.6 is 0 Å². The van der Waals surface area contributed by atoms with Crippen LogP contribution in [0.15, 0.2) is 76.4 Å². The van der Waals surface area contributed by atoms with Gasteiger partial charge in [0.05, 0.1) is 11.9 Å². The molecular formula is C19H16N6O. The first-order valence-electron chi connectivity index (χ1n) is 7.98. The van der Waals surface area contributed by atoms with E-state index in [1.807, 2.05) is 66.9 Å². The number of furan rings is 1. The van der Waals surface area contributed by atoms with Crippen LogP contribution < -0.4 is 11.2 Å². The van der Waals surface area contributed by atoms with E-state index in [4.69, 9.17) is 15.6 Å². The monoisotopic (exact) mass is 344 g/mol. The zero-order valence-electron chi connectivity index (χ0n) is 13.8. The summed E-state index contributed by atoms with van der Waals surface area (Å²) in [7, 11) is 0. The highest BCUT2D eigenvalue weighted by Crippen LogP contribution is 2.29. The lowest BCUT2D eigenvalue weighted by molar-refractivity contribution is 0.627. The van der Waals surface area contributed by atoms with Crippen molar-refractivity contribution in [2.45, 2.75) is 0 Å². The van der Waals surface area contributed by atoms with Crippen molar-refractivity contribution in [3.8, 4) is 17.1 Å². The lowest BCUT2D eigenvalue weighted by Crippen LogP contribution is -2.25. The second-order valence-electron chi connectivity index (χ2n) is 5.65. The van der Waals surface area contributed by atoms with Crippen LogP contribution in [-0.4, -0.2) is 22.0 Å². The molecule has 0 radical (unpaired) electrons. The Morgan fingerprint density at radius 1 is 1.15 bits per heavy atom. The Bertz CT molecular complexity index is 1060. The van der Waals surface area contributed by atoms with Gasteiger partial charge in [-0.25, -0.2) is 10.1 Å². The van der Waals surface area contributed by atoms with Gasteiger partial charge in [0.25, 0.3) is 0 Å². The Kier molecular flexibility index (Phi) is 3.95. The zero-order chi connectivity index (χ0) is 17.9. The molecule has 0 spiro atoms. The maximum Gasteiger partial charge on any atom is 0.206 e. The van der Waals surface area contributed by atoms with Crippen molar-refractivity contribution in [3.05, 3.63) is 72.4 Å². The Morgan fingerprint density at radius 3 is 2.69 bits per heavy atom. The highest BCUT2D eigenvalue weighted by molar-refractivity contribution is 5.91. The standard InChI is InChI=1S/C19H16N6O/c20-19(21)23-22-11-14-12-25(15-7-2-1-3-8-15)24-18(14)17-10-13-6-4-5-9-16(13)26-17/h1-12H,(H4,20,21,23)/b22-11+. The molecule has 7 nitrogen and oxygen atoms in total. The number of nitrogens with zero attached hydrogens (tertiary/aromatic N) is 3. The van der Waals surface area contributed by atoms with Crippen LogP contribution in [0.2, 0.25) is 0 Å². The van der Waals surface area contributed by atoms with Crippen LogP contribution in [0.3, 0.4) is 0 Å². The number of hydrazone groups is 1. The third-order valence-corrected chi connectivity index (χ3v) is 3.81. The first kappa shape index (κ1) is 15.6. The van der Waals surface area contributed by atoms with Gasteiger partial charge in [-0.15, -0.1) is 0 Å². The summed E-state index contributed by atoms with van der Waals surface area (Å²) in [6.45, 7) is 0. The summed E-state index contributed by atoms with van der Waals surface area (Å²) in [6.07, 6.45) is 3.42. The molecule has 2 heterocycles. The molecule has 4 aromatic rings. The van der Waals surface area contributed by atoms with E-state index in [1.54, 1.807) is 10.9 Å². The third-order valence-electron chi connectivity index (χ3n) is 3.81. The SMILES string of the molecule is N=C(N)N/N=C/c1cn(-c2ccccc2)nc1-c1cc2ccccc2o1. The van der Waals surface area contributed by atoms with E-state index >= 15 is 0 Å². The highest BCUT2D eigenvalue weighted by atomic mass is 16.3. The molecule has 0 fully saturated rings. The van der Waals surface area contributed by atoms with Gasteiger partial charge in [0.2, 0.25) is 5.96 Å². The van der Waals surface area contributed by atoms with Crippen molar-refractivity contribution in [3.63, 3.8) is 0 Å². The second-order valence-corrected chi connectivity index (χ2v) is 5.65. The van der Waals surface area contributed by atoms with Crippen molar-refractivity contribution < 1.29 is 4.42 Å². The van der Waals surface area contributed by atoms with Crippen LogP contribution in [-0.2, 0) is 0 Å². The van der Waals surface area contributed by atoms with Crippen LogP contribution in [0.4, 0.5) is 0 Å². The molecule has 0 aliphatic carbocycles. The molecule has 0 bridgehead atoms. The predicted molar refractivity (Wildman–Crippen MR) is 101 cm³/mol. The van der Waals surface area contributed by atoms with Gasteiger partial charge in [0.1, 0.15) is 11.3 Å². The Balaban J connectivity index is 1.81. The molecule has 4 N–H and O–H groups in total. The first-order chi connectivity index (χ1) is 12.7. The van der Waals surface area contributed by atoms with E-state index in [-0.39, 0.29) is 5.96 Å². The average molecular weight is 344 g/mol. The highest BCUT2D eigenvalue weighted by Gasteiger charge is 2.15. The van der Waals surface area contributed by atoms with Crippen molar-refractivity contribution in [1.29, 1.82) is 5.41 Å². The molecule has 0 saturated carbocycles. The molecule has 0 atom stereocenters. The van der Waals surface area contributed by atoms with E-state index in [0.29, 0.717) is 11.5 Å². The van der Waals surface area contributed by atoms with E-state index in [1.165, 1.54) is 0 Å². The molecule has 2 aromatic carbocycles. The molecular weight excluding hydrogens is 328 g/mol. The molecule has 0 amide bonds. The largest absolute Gasteiger partial charge is 0.454 e. The lowest BCUT2D eigenvalue weighted by atomic mass is 10.2. The van der Waals surface area contributed by atoms with Crippen LogP contribution in [0.25, 0.3) is 28.1 Å². The third kappa shape index (κ3) is 3.05. The normalized spacial score (nSPS) is 11.2. The van der Waals surface area contributed by atoms with Gasteiger partial charge < -0.3 is 10.2 Å². The summed E-state index contributed by atoms with van der Waals surface area (Å²) in [5.74, 6) is 0.409. The molecule has 0 aliphatic rings. The van der Waals surface area contributed by atoms with Crippen LogP contribution in [0.1, 0.15) is 5.56 Å². The number of aromatic nitrogens is 2. The maximum absolute atomic E-state index is 7.20. The van der Waals surface area contributed by atoms with Gasteiger partial charge >= 0.3 is 0 Å². The Labute approximate surface area is 149 Å². The number of benzene rings is 2. The predicted octanol–water partition coefficient (Wildman–Crippen LogP) is 3.10. The Morgan fingerprint density at radius 2 is 1.92 bits per heavy atom. The summed E-state index contributed by atoms with van der Waals surface area (Å²) in [6, 6.07) is 19.5. The number of nitrogens with one attached hydrogen (secondary N) is 2. The van der Waals surface area contributed by atoms with E-state index in [0.717, 1.165) is 22.2 Å². The summed E-state index contributed by atoms with van der Waals surface area (Å²) >= 11 is 0. The minimum Gasteiger partial charge on any atom is -0.454 e. The fourth-order valence-corrected chi connectivity index (χ4v) is 2.66. The molecule has 0 unspecified atom stereocenters. The fourth-order valence-electron chi connectivity index (χ4n) is 2.66. The topological polar surface area (TPSA) is 105 Å². The molecule has 128 valence electrons. The number of fused-ring (bicyclic) bond motifs is 1. The number of hydrogen-bond acceptors (Lipinski definition) is 4. The van der Waals surface area contributed by atoms with Crippen LogP contribution in [0, 0.1) is 5.41 Å². The molecule has 2 aromatic heterocycles. The minimum absolute atomic E-state index is 0.234. The van der Waals surface area contributed by atoms with Gasteiger partial charge in [-0.05, 0) is 24.3 Å². The van der Waals surface area contributed by atoms with Crippen molar-refractivity contribution >= 4 is 23.1 Å². The molecule has 4 rings (SSSR count). The molecule has 0 saturated heterocycles. The Hall–Kier alpha value is -3.87. The van der Waals surface area contributed by atoms with E-state index in [2.05, 4.69) is 15.6 Å². The number of para-hydroxylation sites is 2. The summed E-state index contributed by atoms with van der Waals surface area (Å²) in [4.78, 5) is 0. The quantitative estimate of drug-likeness (QED) is 0.300. The van der Waals surface area contributed by atoms with Gasteiger partial charge in [0.15, 0.2) is 5.76 Å². The summed E-state index contributed by atoms with van der Waals surface area (Å²) in [5.41, 5.74) is 10.8. The minimum atomic E-state index is -0.234. The smallest absolute Gasteiger partial charge is 0.206 e. The summed E-state index contributed by atoms with van der Waals surface area (Å²) < 4.78 is 7.71. The molecule has 7 heteroatoms. The number of hydrogen-bond donors (Lipinski definition) is 3. The van der Waals surface area contributed by atoms with E-state index in [9.17, 15) is 0 Å². The first-order valence-corrected chi connectivity index (χ1v) is 7.98. The van der Waals surface area contributed by atoms with Gasteiger partial charge in [-0.3, -0.25) is 5.41 Å². The van der Waals surface area contributed by atoms with Crippen molar-refractivity contribution in [2.24, 2.45) is 10.8 Å². The van der Waals surface area contributed by atoms with Gasteiger partial charge in [0, 0.05) is 17.1 Å². The number of guanidine groups is 1. The molecule has 0 aliphatic heterocycles. The fraction of sp³-hybridized carbons (Fsp3) is 0. The van der Waals surface area contributed by atoms with Crippen LogP contribution in [0.5, 0.6) is 0 Å². The van der Waals surface area contributed by atoms with E-state index < -0.39 is 0 Å². The zero-order valence-corrected chi connectivity index (χ0v) is 13.8. The average Bonchev–Trinajstić information content (AvgIpc) is 3.26. The van der Waals surface area contributed by atoms with Gasteiger partial charge in [-0.1, -0.05) is 36.4 Å². The number of rotatable bonds is 4. The number of nitrogens with two attached hydrogens (primary N) is 1. The summed E-state index contributed by atoms with van der Waals surface area (Å²) in [5, 5.41) is 16.8. The van der Waals surface area contributed by atoms with Gasteiger partial charge in [-0.2, -0.15) is 10.2 Å². The second kappa shape index (κ2) is 6.56. The molecule has 26 heavy (non-hydrogen) atoms. The van der Waals surface area contributed by atoms with Crippen molar-refractivity contribution in [2.75, 3.05) is 0 Å². The van der Waals surface area contributed by atoms with Crippen molar-refractivity contribution in [1.82, 2.24) is 15.2 Å².